The highest BCUT2D eigenvalue weighted by Gasteiger charge is 2.20. The minimum atomic E-state index is -0.288. The first-order chi connectivity index (χ1) is 7.71. The van der Waals surface area contributed by atoms with Crippen LogP contribution in [0.1, 0.15) is 34.6 Å². The van der Waals surface area contributed by atoms with Gasteiger partial charge in [0.25, 0.3) is 0 Å². The third kappa shape index (κ3) is 6.14. The van der Waals surface area contributed by atoms with Crippen LogP contribution in [0.5, 0.6) is 0 Å². The van der Waals surface area contributed by atoms with E-state index in [0.717, 1.165) is 0 Å². The number of amides is 3. The largest absolute Gasteiger partial charge is 0.342 e. The molecule has 100 valence electrons. The molecule has 3 amide bonds. The molecule has 0 atom stereocenters. The Morgan fingerprint density at radius 1 is 1.12 bits per heavy atom. The fourth-order valence-corrected chi connectivity index (χ4v) is 1.37. The minimum Gasteiger partial charge on any atom is -0.342 e. The second-order valence-corrected chi connectivity index (χ2v) is 5.10. The van der Waals surface area contributed by atoms with E-state index < -0.39 is 0 Å². The molecule has 0 heterocycles. The zero-order valence-electron chi connectivity index (χ0n) is 11.8. The van der Waals surface area contributed by atoms with Gasteiger partial charge in [-0.3, -0.25) is 4.79 Å². The predicted octanol–water partition coefficient (Wildman–Crippen LogP) is 1.29. The zero-order valence-corrected chi connectivity index (χ0v) is 11.8. The molecule has 0 radical (unpaired) electrons. The lowest BCUT2D eigenvalue weighted by atomic mass is 10.1. The molecule has 0 saturated carbocycles. The van der Waals surface area contributed by atoms with Crippen molar-refractivity contribution in [3.05, 3.63) is 0 Å². The Labute approximate surface area is 104 Å². The lowest BCUT2D eigenvalue weighted by molar-refractivity contribution is -0.131. The molecule has 0 aliphatic carbocycles. The monoisotopic (exact) mass is 243 g/mol. The fraction of sp³-hybridized carbons (Fsp3) is 0.833. The highest BCUT2D eigenvalue weighted by molar-refractivity contribution is 5.84. The van der Waals surface area contributed by atoms with Crippen molar-refractivity contribution < 1.29 is 9.59 Å². The van der Waals surface area contributed by atoms with Crippen LogP contribution < -0.4 is 5.32 Å². The lowest BCUT2D eigenvalue weighted by Crippen LogP contribution is -2.50. The second-order valence-electron chi connectivity index (χ2n) is 5.10. The van der Waals surface area contributed by atoms with Gasteiger partial charge >= 0.3 is 6.03 Å². The molecule has 0 aliphatic heterocycles. The summed E-state index contributed by atoms with van der Waals surface area (Å²) in [6, 6.07) is -0.224. The van der Waals surface area contributed by atoms with Gasteiger partial charge in [0.05, 0.1) is 0 Å². The molecule has 0 spiro atoms. The fourth-order valence-electron chi connectivity index (χ4n) is 1.37. The number of nitrogens with zero attached hydrogens (tertiary/aromatic N) is 2. The van der Waals surface area contributed by atoms with E-state index in [2.05, 4.69) is 5.32 Å². The summed E-state index contributed by atoms with van der Waals surface area (Å²) in [5, 5.41) is 2.82. The van der Waals surface area contributed by atoms with Crippen molar-refractivity contribution in [2.45, 2.75) is 40.2 Å². The van der Waals surface area contributed by atoms with E-state index >= 15 is 0 Å². The summed E-state index contributed by atoms with van der Waals surface area (Å²) in [4.78, 5) is 26.6. The molecule has 1 N–H and O–H groups in total. The highest BCUT2D eigenvalue weighted by atomic mass is 16.2. The Morgan fingerprint density at radius 2 is 1.59 bits per heavy atom. The van der Waals surface area contributed by atoms with Crippen molar-refractivity contribution in [3.63, 3.8) is 0 Å². The van der Waals surface area contributed by atoms with Crippen molar-refractivity contribution in [3.8, 4) is 0 Å². The number of hydrogen-bond donors (Lipinski definition) is 1. The maximum absolute atomic E-state index is 11.8. The summed E-state index contributed by atoms with van der Waals surface area (Å²) >= 11 is 0. The van der Waals surface area contributed by atoms with E-state index in [1.807, 2.05) is 34.6 Å². The van der Waals surface area contributed by atoms with Gasteiger partial charge in [-0.2, -0.15) is 0 Å². The zero-order chi connectivity index (χ0) is 13.6. The molecular weight excluding hydrogens is 218 g/mol. The Kier molecular flexibility index (Phi) is 5.99. The molecule has 0 bridgehead atoms. The van der Waals surface area contributed by atoms with Crippen molar-refractivity contribution in [2.24, 2.45) is 0 Å². The Hall–Kier alpha value is -1.26. The van der Waals surface area contributed by atoms with Gasteiger partial charge in [0.15, 0.2) is 0 Å². The van der Waals surface area contributed by atoms with Gasteiger partial charge in [-0.05, 0) is 34.6 Å². The molecule has 0 saturated heterocycles. The summed E-state index contributed by atoms with van der Waals surface area (Å²) in [6.45, 7) is 11.0. The number of likely N-dealkylation sites (N-methyl/N-ethyl adjacent to an activating group) is 2. The average molecular weight is 243 g/mol. The molecule has 0 unspecified atom stereocenters. The van der Waals surface area contributed by atoms with Gasteiger partial charge in [-0.25, -0.2) is 4.79 Å². The van der Waals surface area contributed by atoms with Crippen LogP contribution >= 0.6 is 0 Å². The van der Waals surface area contributed by atoms with Crippen LogP contribution in [-0.2, 0) is 4.79 Å². The predicted molar refractivity (Wildman–Crippen MR) is 68.8 cm³/mol. The van der Waals surface area contributed by atoms with Gasteiger partial charge in [0.2, 0.25) is 5.91 Å². The van der Waals surface area contributed by atoms with Crippen molar-refractivity contribution in [2.75, 3.05) is 26.7 Å². The van der Waals surface area contributed by atoms with Gasteiger partial charge < -0.3 is 15.1 Å². The van der Waals surface area contributed by atoms with Crippen molar-refractivity contribution in [1.29, 1.82) is 0 Å². The topological polar surface area (TPSA) is 52.7 Å². The third-order valence-electron chi connectivity index (χ3n) is 2.32. The van der Waals surface area contributed by atoms with Gasteiger partial charge in [0.1, 0.15) is 6.54 Å². The lowest BCUT2D eigenvalue weighted by Gasteiger charge is -2.27. The summed E-state index contributed by atoms with van der Waals surface area (Å²) in [5.74, 6) is -0.0263. The molecule has 0 aromatic heterocycles. The molecule has 0 aromatic rings. The first-order valence-electron chi connectivity index (χ1n) is 6.02. The van der Waals surface area contributed by atoms with Crippen LogP contribution in [0.25, 0.3) is 0 Å². The van der Waals surface area contributed by atoms with Crippen LogP contribution in [0.3, 0.4) is 0 Å². The molecule has 0 fully saturated rings. The molecule has 0 aromatic carbocycles. The number of rotatable bonds is 4. The maximum Gasteiger partial charge on any atom is 0.318 e. The summed E-state index contributed by atoms with van der Waals surface area (Å²) in [6.07, 6.45) is 0. The molecule has 5 nitrogen and oxygen atoms in total. The van der Waals surface area contributed by atoms with Gasteiger partial charge in [-0.15, -0.1) is 0 Å². The molecule has 17 heavy (non-hydrogen) atoms. The molecule has 0 rings (SSSR count). The smallest absolute Gasteiger partial charge is 0.318 e. The number of carbonyl (C=O) groups is 2. The number of carbonyl (C=O) groups excluding carboxylic acids is 2. The van der Waals surface area contributed by atoms with Gasteiger partial charge in [0, 0.05) is 25.7 Å². The quantitative estimate of drug-likeness (QED) is 0.809. The SMILES string of the molecule is CCN(CC)C(=O)CN(C)C(=O)NC(C)(C)C. The third-order valence-corrected chi connectivity index (χ3v) is 2.32. The average Bonchev–Trinajstić information content (AvgIpc) is 2.16. The number of nitrogens with one attached hydrogen (secondary N) is 1. The highest BCUT2D eigenvalue weighted by Crippen LogP contribution is 2.00. The number of urea groups is 1. The summed E-state index contributed by atoms with van der Waals surface area (Å²) < 4.78 is 0. The normalized spacial score (nSPS) is 10.9. The Morgan fingerprint density at radius 3 is 1.94 bits per heavy atom. The van der Waals surface area contributed by atoms with Crippen LogP contribution in [-0.4, -0.2) is 54.0 Å². The Bertz CT molecular complexity index is 267. The van der Waals surface area contributed by atoms with E-state index in [9.17, 15) is 9.59 Å². The van der Waals surface area contributed by atoms with E-state index in [-0.39, 0.29) is 24.0 Å². The standard InChI is InChI=1S/C12H25N3O2/c1-7-15(8-2)10(16)9-14(6)11(17)13-12(3,4)5/h7-9H2,1-6H3,(H,13,17). The van der Waals surface area contributed by atoms with E-state index in [1.165, 1.54) is 4.90 Å². The molecular formula is C12H25N3O2. The number of hydrogen-bond acceptors (Lipinski definition) is 2. The second kappa shape index (κ2) is 6.47. The van der Waals surface area contributed by atoms with E-state index in [0.29, 0.717) is 13.1 Å². The van der Waals surface area contributed by atoms with E-state index in [1.54, 1.807) is 11.9 Å². The summed E-state index contributed by atoms with van der Waals surface area (Å²) in [7, 11) is 1.63. The van der Waals surface area contributed by atoms with Crippen molar-refractivity contribution in [1.82, 2.24) is 15.1 Å². The Balaban J connectivity index is 4.30. The first kappa shape index (κ1) is 15.7. The molecule has 0 aliphatic rings. The summed E-state index contributed by atoms with van der Waals surface area (Å²) in [5.41, 5.74) is -0.288. The molecule has 5 heteroatoms. The van der Waals surface area contributed by atoms with Crippen LogP contribution in [0, 0.1) is 0 Å². The van der Waals surface area contributed by atoms with Gasteiger partial charge in [-0.1, -0.05) is 0 Å². The van der Waals surface area contributed by atoms with Crippen LogP contribution in [0.2, 0.25) is 0 Å². The van der Waals surface area contributed by atoms with E-state index in [4.69, 9.17) is 0 Å². The minimum absolute atomic E-state index is 0.0263. The van der Waals surface area contributed by atoms with Crippen LogP contribution in [0.15, 0.2) is 0 Å². The maximum atomic E-state index is 11.8. The van der Waals surface area contributed by atoms with Crippen molar-refractivity contribution >= 4 is 11.9 Å². The van der Waals surface area contributed by atoms with Crippen LogP contribution in [0.4, 0.5) is 4.79 Å². The first-order valence-corrected chi connectivity index (χ1v) is 6.02.